The molecule has 0 amide bonds. The van der Waals surface area contributed by atoms with E-state index in [1.54, 1.807) is 18.3 Å². The first kappa shape index (κ1) is 12.5. The summed E-state index contributed by atoms with van der Waals surface area (Å²) in [7, 11) is 0. The van der Waals surface area contributed by atoms with Crippen molar-refractivity contribution < 1.29 is 9.13 Å². The number of benzene rings is 1. The molecule has 1 unspecified atom stereocenters. The zero-order valence-electron chi connectivity index (χ0n) is 11.6. The van der Waals surface area contributed by atoms with E-state index in [1.165, 1.54) is 17.7 Å². The van der Waals surface area contributed by atoms with E-state index in [4.69, 9.17) is 4.74 Å². The van der Waals surface area contributed by atoms with E-state index in [0.29, 0.717) is 6.61 Å². The summed E-state index contributed by atoms with van der Waals surface area (Å²) in [5.74, 6) is 0.497. The number of hydrogen-bond donors (Lipinski definition) is 0. The van der Waals surface area contributed by atoms with E-state index >= 15 is 0 Å². The van der Waals surface area contributed by atoms with Gasteiger partial charge in [0, 0.05) is 5.69 Å². The number of fused-ring (bicyclic) bond motifs is 2. The highest BCUT2D eigenvalue weighted by Crippen LogP contribution is 2.40. The molecule has 3 heterocycles. The van der Waals surface area contributed by atoms with Crippen LogP contribution in [0.3, 0.4) is 0 Å². The lowest BCUT2D eigenvalue weighted by atomic mass is 10.1. The van der Waals surface area contributed by atoms with Crippen molar-refractivity contribution in [1.82, 2.24) is 9.97 Å². The van der Waals surface area contributed by atoms with Crippen LogP contribution in [0.2, 0.25) is 0 Å². The summed E-state index contributed by atoms with van der Waals surface area (Å²) in [6, 6.07) is 6.38. The van der Waals surface area contributed by atoms with Gasteiger partial charge in [-0.25, -0.2) is 14.4 Å². The van der Waals surface area contributed by atoms with Crippen LogP contribution in [0.25, 0.3) is 6.08 Å². The molecule has 0 radical (unpaired) electrons. The number of aromatic nitrogens is 2. The van der Waals surface area contributed by atoms with E-state index in [0.717, 1.165) is 29.3 Å². The molecular weight excluding hydrogens is 269 g/mol. The van der Waals surface area contributed by atoms with E-state index < -0.39 is 0 Å². The van der Waals surface area contributed by atoms with Gasteiger partial charge in [0.2, 0.25) is 0 Å². The Morgan fingerprint density at radius 1 is 1.29 bits per heavy atom. The minimum Gasteiger partial charge on any atom is -0.354 e. The van der Waals surface area contributed by atoms with Gasteiger partial charge >= 0.3 is 0 Å². The van der Waals surface area contributed by atoms with Gasteiger partial charge in [-0.2, -0.15) is 0 Å². The second-order valence-corrected chi connectivity index (χ2v) is 5.26. The van der Waals surface area contributed by atoms with E-state index in [9.17, 15) is 4.39 Å². The predicted octanol–water partition coefficient (Wildman–Crippen LogP) is 3.21. The molecule has 0 aliphatic carbocycles. The average Bonchev–Trinajstić information content (AvgIpc) is 2.93. The SMILES string of the molecule is Cc1cnc2c(n1)C=C1CCOC1N2c1ccc(F)cc1. The van der Waals surface area contributed by atoms with Gasteiger partial charge in [-0.05, 0) is 49.3 Å². The van der Waals surface area contributed by atoms with Crippen molar-refractivity contribution in [1.29, 1.82) is 0 Å². The maximum Gasteiger partial charge on any atom is 0.161 e. The fourth-order valence-corrected chi connectivity index (χ4v) is 2.82. The van der Waals surface area contributed by atoms with Crippen LogP contribution in [0.5, 0.6) is 0 Å². The first-order valence-electron chi connectivity index (χ1n) is 6.93. The summed E-state index contributed by atoms with van der Waals surface area (Å²) in [6.07, 6.45) is 4.52. The van der Waals surface area contributed by atoms with Gasteiger partial charge in [-0.15, -0.1) is 0 Å². The fraction of sp³-hybridized carbons (Fsp3) is 0.250. The molecule has 2 aromatic rings. The van der Waals surface area contributed by atoms with Crippen LogP contribution < -0.4 is 4.90 Å². The number of anilines is 2. The molecule has 0 bridgehead atoms. The van der Waals surface area contributed by atoms with Gasteiger partial charge in [0.15, 0.2) is 12.0 Å². The van der Waals surface area contributed by atoms with Crippen LogP contribution in [0.4, 0.5) is 15.9 Å². The van der Waals surface area contributed by atoms with Gasteiger partial charge in [0.05, 0.1) is 18.5 Å². The summed E-state index contributed by atoms with van der Waals surface area (Å²) in [5, 5.41) is 0. The van der Waals surface area contributed by atoms with Gasteiger partial charge in [0.25, 0.3) is 0 Å². The molecule has 0 N–H and O–H groups in total. The highest BCUT2D eigenvalue weighted by atomic mass is 19.1. The lowest BCUT2D eigenvalue weighted by Crippen LogP contribution is -2.35. The first-order valence-corrected chi connectivity index (χ1v) is 6.93. The van der Waals surface area contributed by atoms with Gasteiger partial charge in [-0.1, -0.05) is 0 Å². The summed E-state index contributed by atoms with van der Waals surface area (Å²) >= 11 is 0. The largest absolute Gasteiger partial charge is 0.354 e. The molecule has 1 fully saturated rings. The van der Waals surface area contributed by atoms with E-state index in [-0.39, 0.29) is 12.0 Å². The third-order valence-corrected chi connectivity index (χ3v) is 3.77. The Morgan fingerprint density at radius 2 is 2.10 bits per heavy atom. The molecule has 21 heavy (non-hydrogen) atoms. The van der Waals surface area contributed by atoms with Crippen LogP contribution in [-0.2, 0) is 4.74 Å². The van der Waals surface area contributed by atoms with E-state index in [2.05, 4.69) is 16.0 Å². The van der Waals surface area contributed by atoms with Gasteiger partial charge < -0.3 is 4.74 Å². The summed E-state index contributed by atoms with van der Waals surface area (Å²) in [5.41, 5.74) is 3.76. The zero-order valence-corrected chi connectivity index (χ0v) is 11.6. The van der Waals surface area contributed by atoms with Crippen molar-refractivity contribution in [3.63, 3.8) is 0 Å². The molecule has 2 aliphatic rings. The Balaban J connectivity index is 1.88. The zero-order chi connectivity index (χ0) is 14.4. The Labute approximate surface area is 121 Å². The number of hydrogen-bond acceptors (Lipinski definition) is 4. The highest BCUT2D eigenvalue weighted by Gasteiger charge is 2.35. The standard InChI is InChI=1S/C16H14FN3O/c1-10-9-18-15-14(19-10)8-11-6-7-21-16(11)20(15)13-4-2-12(17)3-5-13/h2-5,8-9,16H,6-7H2,1H3. The normalized spacial score (nSPS) is 20.0. The molecule has 0 saturated carbocycles. The maximum absolute atomic E-state index is 13.2. The Hall–Kier alpha value is -2.27. The van der Waals surface area contributed by atoms with Crippen molar-refractivity contribution in [3.05, 3.63) is 53.2 Å². The quantitative estimate of drug-likeness (QED) is 0.805. The van der Waals surface area contributed by atoms with Crippen molar-refractivity contribution in [3.8, 4) is 0 Å². The van der Waals surface area contributed by atoms with Crippen LogP contribution in [0, 0.1) is 12.7 Å². The number of nitrogens with zero attached hydrogens (tertiary/aromatic N) is 3. The molecule has 1 aromatic heterocycles. The topological polar surface area (TPSA) is 38.3 Å². The molecule has 4 rings (SSSR count). The van der Waals surface area contributed by atoms with Crippen molar-refractivity contribution >= 4 is 17.6 Å². The summed E-state index contributed by atoms with van der Waals surface area (Å²) in [6.45, 7) is 2.60. The molecular formula is C16H14FN3O. The van der Waals surface area contributed by atoms with Crippen molar-refractivity contribution in [2.75, 3.05) is 11.5 Å². The molecule has 0 spiro atoms. The fourth-order valence-electron chi connectivity index (χ4n) is 2.82. The number of rotatable bonds is 1. The molecule has 1 aromatic carbocycles. The molecule has 1 saturated heterocycles. The second-order valence-electron chi connectivity index (χ2n) is 5.26. The van der Waals surface area contributed by atoms with Crippen molar-refractivity contribution in [2.24, 2.45) is 0 Å². The maximum atomic E-state index is 13.2. The Bertz CT molecular complexity index is 727. The van der Waals surface area contributed by atoms with Crippen LogP contribution in [0.1, 0.15) is 17.8 Å². The molecule has 106 valence electrons. The van der Waals surface area contributed by atoms with Crippen LogP contribution in [-0.4, -0.2) is 22.8 Å². The smallest absolute Gasteiger partial charge is 0.161 e. The summed E-state index contributed by atoms with van der Waals surface area (Å²) < 4.78 is 19.0. The highest BCUT2D eigenvalue weighted by molar-refractivity contribution is 5.75. The number of halogens is 1. The second kappa shape index (κ2) is 4.63. The van der Waals surface area contributed by atoms with Crippen molar-refractivity contribution in [2.45, 2.75) is 19.6 Å². The predicted molar refractivity (Wildman–Crippen MR) is 77.6 cm³/mol. The third kappa shape index (κ3) is 2.01. The third-order valence-electron chi connectivity index (χ3n) is 3.77. The molecule has 2 aliphatic heterocycles. The molecule has 5 heteroatoms. The van der Waals surface area contributed by atoms with Gasteiger partial charge in [0.1, 0.15) is 11.5 Å². The Morgan fingerprint density at radius 3 is 2.90 bits per heavy atom. The number of ether oxygens (including phenoxy) is 1. The monoisotopic (exact) mass is 283 g/mol. The van der Waals surface area contributed by atoms with Crippen LogP contribution >= 0.6 is 0 Å². The Kier molecular flexibility index (Phi) is 2.75. The minimum atomic E-state index is -0.255. The lowest BCUT2D eigenvalue weighted by molar-refractivity contribution is 0.128. The summed E-state index contributed by atoms with van der Waals surface area (Å²) in [4.78, 5) is 11.1. The van der Waals surface area contributed by atoms with Crippen LogP contribution in [0.15, 0.2) is 36.0 Å². The lowest BCUT2D eigenvalue weighted by Gasteiger charge is -2.33. The first-order chi connectivity index (χ1) is 10.2. The number of aryl methyl sites for hydroxylation is 1. The van der Waals surface area contributed by atoms with Gasteiger partial charge in [-0.3, -0.25) is 4.90 Å². The average molecular weight is 283 g/mol. The van der Waals surface area contributed by atoms with E-state index in [1.807, 2.05) is 11.8 Å². The molecule has 1 atom stereocenters. The molecule has 4 nitrogen and oxygen atoms in total. The minimum absolute atomic E-state index is 0.167.